The number of nitrogens with one attached hydrogen (secondary N) is 1. The van der Waals surface area contributed by atoms with Gasteiger partial charge in [0.05, 0.1) is 5.56 Å². The van der Waals surface area contributed by atoms with Gasteiger partial charge >= 0.3 is 0 Å². The van der Waals surface area contributed by atoms with E-state index < -0.39 is 0 Å². The summed E-state index contributed by atoms with van der Waals surface area (Å²) in [4.78, 5) is 12.0. The molecule has 96 valence electrons. The van der Waals surface area contributed by atoms with Crippen molar-refractivity contribution in [2.24, 2.45) is 5.41 Å². The van der Waals surface area contributed by atoms with Crippen LogP contribution in [-0.2, 0) is 0 Å². The number of alkyl halides is 1. The van der Waals surface area contributed by atoms with Crippen LogP contribution in [0.2, 0.25) is 0 Å². The third-order valence-electron chi connectivity index (χ3n) is 2.74. The molecule has 1 rings (SSSR count). The predicted molar refractivity (Wildman–Crippen MR) is 69.5 cm³/mol. The Morgan fingerprint density at radius 2 is 2.18 bits per heavy atom. The maximum atomic E-state index is 12.0. The van der Waals surface area contributed by atoms with Crippen LogP contribution in [-0.4, -0.2) is 17.8 Å². The van der Waals surface area contributed by atoms with Crippen molar-refractivity contribution in [3.63, 3.8) is 0 Å². The van der Waals surface area contributed by atoms with Crippen molar-refractivity contribution in [1.82, 2.24) is 5.32 Å². The Morgan fingerprint density at radius 1 is 1.53 bits per heavy atom. The molecular weight excluding hydrogens is 238 g/mol. The molecule has 1 N–H and O–H groups in total. The van der Waals surface area contributed by atoms with Crippen LogP contribution in [0.4, 0.5) is 0 Å². The van der Waals surface area contributed by atoms with Gasteiger partial charge in [0.2, 0.25) is 0 Å². The molecule has 1 aromatic rings. The summed E-state index contributed by atoms with van der Waals surface area (Å²) in [5, 5.41) is 3.00. The number of rotatable bonds is 4. The van der Waals surface area contributed by atoms with Crippen LogP contribution < -0.4 is 5.32 Å². The van der Waals surface area contributed by atoms with Gasteiger partial charge in [-0.05, 0) is 24.8 Å². The Balaban J connectivity index is 2.71. The molecule has 1 amide bonds. The summed E-state index contributed by atoms with van der Waals surface area (Å²) in [6.07, 6.45) is 2.23. The summed E-state index contributed by atoms with van der Waals surface area (Å²) in [7, 11) is 0. The second-order valence-corrected chi connectivity index (χ2v) is 5.69. The van der Waals surface area contributed by atoms with Crippen molar-refractivity contribution in [1.29, 1.82) is 0 Å². The van der Waals surface area contributed by atoms with Crippen LogP contribution in [0.3, 0.4) is 0 Å². The molecule has 17 heavy (non-hydrogen) atoms. The molecule has 0 bridgehead atoms. The summed E-state index contributed by atoms with van der Waals surface area (Å²) in [6.45, 7) is 8.08. The summed E-state index contributed by atoms with van der Waals surface area (Å²) in [5.41, 5.74) is 0.551. The molecule has 0 spiro atoms. The van der Waals surface area contributed by atoms with Gasteiger partial charge in [0.15, 0.2) is 0 Å². The topological polar surface area (TPSA) is 42.2 Å². The Bertz CT molecular complexity index is 379. The van der Waals surface area contributed by atoms with E-state index in [4.69, 9.17) is 16.0 Å². The fourth-order valence-electron chi connectivity index (χ4n) is 1.63. The molecule has 0 aliphatic carbocycles. The number of amides is 1. The van der Waals surface area contributed by atoms with E-state index in [-0.39, 0.29) is 17.4 Å². The van der Waals surface area contributed by atoms with E-state index in [2.05, 4.69) is 26.1 Å². The van der Waals surface area contributed by atoms with Gasteiger partial charge in [-0.1, -0.05) is 20.8 Å². The maximum Gasteiger partial charge on any atom is 0.254 e. The standard InChI is InChI=1S/C13H20ClNO2/c1-9-7-10(8-17-9)12(16)15-11(5-6-14)13(2,3)4/h7-8,11H,5-6H2,1-4H3,(H,15,16). The van der Waals surface area contributed by atoms with Crippen molar-refractivity contribution in [2.75, 3.05) is 5.88 Å². The van der Waals surface area contributed by atoms with Crippen LogP contribution in [0.15, 0.2) is 16.7 Å². The minimum absolute atomic E-state index is 0.0106. The lowest BCUT2D eigenvalue weighted by Gasteiger charge is -2.30. The number of halogens is 1. The van der Waals surface area contributed by atoms with E-state index in [9.17, 15) is 4.79 Å². The van der Waals surface area contributed by atoms with Crippen LogP contribution in [0.25, 0.3) is 0 Å². The first-order valence-electron chi connectivity index (χ1n) is 5.76. The highest BCUT2D eigenvalue weighted by Crippen LogP contribution is 2.22. The van der Waals surface area contributed by atoms with Gasteiger partial charge in [-0.3, -0.25) is 4.79 Å². The number of aryl methyl sites for hydroxylation is 1. The highest BCUT2D eigenvalue weighted by molar-refractivity contribution is 6.17. The minimum Gasteiger partial charge on any atom is -0.469 e. The first-order valence-corrected chi connectivity index (χ1v) is 6.30. The number of furan rings is 1. The Hall–Kier alpha value is -0.960. The molecule has 0 fully saturated rings. The first-order chi connectivity index (χ1) is 7.84. The van der Waals surface area contributed by atoms with Gasteiger partial charge in [-0.15, -0.1) is 11.6 Å². The van der Waals surface area contributed by atoms with Crippen LogP contribution in [0, 0.1) is 12.3 Å². The average Bonchev–Trinajstić information content (AvgIpc) is 2.62. The number of hydrogen-bond acceptors (Lipinski definition) is 2. The van der Waals surface area contributed by atoms with Crippen LogP contribution in [0.1, 0.15) is 43.3 Å². The second-order valence-electron chi connectivity index (χ2n) is 5.32. The molecule has 0 aromatic carbocycles. The van der Waals surface area contributed by atoms with Gasteiger partial charge in [0, 0.05) is 11.9 Å². The average molecular weight is 258 g/mol. The van der Waals surface area contributed by atoms with Crippen molar-refractivity contribution >= 4 is 17.5 Å². The van der Waals surface area contributed by atoms with Gasteiger partial charge in [0.1, 0.15) is 12.0 Å². The fourth-order valence-corrected chi connectivity index (χ4v) is 1.85. The smallest absolute Gasteiger partial charge is 0.254 e. The summed E-state index contributed by atoms with van der Waals surface area (Å²) in [6, 6.07) is 1.79. The Morgan fingerprint density at radius 3 is 2.59 bits per heavy atom. The van der Waals surface area contributed by atoms with Gasteiger partial charge < -0.3 is 9.73 Å². The Labute approximate surface area is 108 Å². The van der Waals surface area contributed by atoms with Gasteiger partial charge in [0.25, 0.3) is 5.91 Å². The van der Waals surface area contributed by atoms with Gasteiger partial charge in [-0.2, -0.15) is 0 Å². The third kappa shape index (κ3) is 4.08. The molecule has 0 aliphatic heterocycles. The number of carbonyl (C=O) groups is 1. The van der Waals surface area contributed by atoms with E-state index in [1.54, 1.807) is 6.07 Å². The van der Waals surface area contributed by atoms with Crippen molar-refractivity contribution in [2.45, 2.75) is 40.2 Å². The second kappa shape index (κ2) is 5.58. The molecule has 4 heteroatoms. The molecule has 3 nitrogen and oxygen atoms in total. The fraction of sp³-hybridized carbons (Fsp3) is 0.615. The van der Waals surface area contributed by atoms with Gasteiger partial charge in [-0.25, -0.2) is 0 Å². The van der Waals surface area contributed by atoms with Crippen molar-refractivity contribution in [3.05, 3.63) is 23.7 Å². The lowest BCUT2D eigenvalue weighted by Crippen LogP contribution is -2.43. The van der Waals surface area contributed by atoms with E-state index in [1.165, 1.54) is 6.26 Å². The van der Waals surface area contributed by atoms with E-state index >= 15 is 0 Å². The quantitative estimate of drug-likeness (QED) is 0.841. The van der Waals surface area contributed by atoms with Crippen molar-refractivity contribution < 1.29 is 9.21 Å². The monoisotopic (exact) mass is 257 g/mol. The lowest BCUT2D eigenvalue weighted by atomic mass is 9.85. The summed E-state index contributed by atoms with van der Waals surface area (Å²) in [5.74, 6) is 1.17. The zero-order chi connectivity index (χ0) is 13.1. The maximum absolute atomic E-state index is 12.0. The first kappa shape index (κ1) is 14.1. The summed E-state index contributed by atoms with van der Waals surface area (Å²) >= 11 is 5.77. The number of hydrogen-bond donors (Lipinski definition) is 1. The predicted octanol–water partition coefficient (Wildman–Crippen LogP) is 3.36. The molecular formula is C13H20ClNO2. The molecule has 0 radical (unpaired) electrons. The number of carbonyl (C=O) groups excluding carboxylic acids is 1. The SMILES string of the molecule is Cc1cc(C(=O)NC(CCCl)C(C)(C)C)co1. The molecule has 1 aromatic heterocycles. The van der Waals surface area contributed by atoms with Crippen LogP contribution in [0.5, 0.6) is 0 Å². The molecule has 0 aliphatic rings. The minimum atomic E-state index is -0.105. The zero-order valence-corrected chi connectivity index (χ0v) is 11.6. The molecule has 0 saturated heterocycles. The van der Waals surface area contributed by atoms with E-state index in [0.717, 1.165) is 12.2 Å². The molecule has 0 saturated carbocycles. The highest BCUT2D eigenvalue weighted by atomic mass is 35.5. The zero-order valence-electron chi connectivity index (χ0n) is 10.8. The van der Waals surface area contributed by atoms with E-state index in [1.807, 2.05) is 6.92 Å². The van der Waals surface area contributed by atoms with E-state index in [0.29, 0.717) is 11.4 Å². The normalized spacial score (nSPS) is 13.5. The largest absolute Gasteiger partial charge is 0.469 e. The Kier molecular flexibility index (Phi) is 4.63. The molecule has 1 unspecified atom stereocenters. The highest BCUT2D eigenvalue weighted by Gasteiger charge is 2.26. The third-order valence-corrected chi connectivity index (χ3v) is 2.96. The molecule has 1 heterocycles. The molecule has 1 atom stereocenters. The summed E-state index contributed by atoms with van der Waals surface area (Å²) < 4.78 is 5.13. The van der Waals surface area contributed by atoms with Crippen molar-refractivity contribution in [3.8, 4) is 0 Å². The lowest BCUT2D eigenvalue weighted by molar-refractivity contribution is 0.0900. The van der Waals surface area contributed by atoms with Crippen LogP contribution >= 0.6 is 11.6 Å².